The Morgan fingerprint density at radius 3 is 2.00 bits per heavy atom. The van der Waals surface area contributed by atoms with Gasteiger partial charge in [-0.3, -0.25) is 4.79 Å². The Hall–Kier alpha value is -4.61. The van der Waals surface area contributed by atoms with Crippen LogP contribution in [0.15, 0.2) is 121 Å². The third-order valence-electron chi connectivity index (χ3n) is 5.47. The molecular weight excluding hydrogens is 462 g/mol. The molecule has 0 unspecified atom stereocenters. The van der Waals surface area contributed by atoms with Gasteiger partial charge in [-0.1, -0.05) is 97.1 Å². The largest absolute Gasteiger partial charge is 0.327 e. The van der Waals surface area contributed by atoms with Crippen molar-refractivity contribution in [1.82, 2.24) is 5.10 Å². The predicted molar refractivity (Wildman–Crippen MR) is 149 cm³/mol. The monoisotopic (exact) mass is 486 g/mol. The summed E-state index contributed by atoms with van der Waals surface area (Å²) >= 11 is 1.57. The summed E-state index contributed by atoms with van der Waals surface area (Å²) in [7, 11) is 0. The minimum atomic E-state index is -0.0182. The van der Waals surface area contributed by atoms with Gasteiger partial charge in [0.05, 0.1) is 0 Å². The van der Waals surface area contributed by atoms with Gasteiger partial charge in [0.15, 0.2) is 5.78 Å². The first-order chi connectivity index (χ1) is 17.7. The van der Waals surface area contributed by atoms with Crippen LogP contribution in [0.5, 0.6) is 0 Å². The Morgan fingerprint density at radius 2 is 1.31 bits per heavy atom. The molecule has 0 amide bonds. The van der Waals surface area contributed by atoms with Crippen molar-refractivity contribution in [2.45, 2.75) is 0 Å². The number of ketones is 1. The first kappa shape index (κ1) is 23.1. The van der Waals surface area contributed by atoms with Gasteiger partial charge < -0.3 is 5.32 Å². The molecule has 0 radical (unpaired) electrons. The lowest BCUT2D eigenvalue weighted by Crippen LogP contribution is -2.35. The third kappa shape index (κ3) is 5.90. The Balaban J connectivity index is 1.35. The number of anilines is 2. The van der Waals surface area contributed by atoms with E-state index in [1.165, 1.54) is 0 Å². The van der Waals surface area contributed by atoms with E-state index in [0.717, 1.165) is 32.6 Å². The van der Waals surface area contributed by atoms with Gasteiger partial charge in [-0.25, -0.2) is 0 Å². The molecule has 1 heterocycles. The summed E-state index contributed by atoms with van der Waals surface area (Å²) in [4.78, 5) is 12.5. The number of benzene rings is 4. The molecule has 0 atom stereocenters. The lowest BCUT2D eigenvalue weighted by molar-refractivity contribution is -0.654. The van der Waals surface area contributed by atoms with Crippen LogP contribution < -0.4 is 10.00 Å². The zero-order valence-electron chi connectivity index (χ0n) is 19.5. The van der Waals surface area contributed by atoms with E-state index in [0.29, 0.717) is 5.56 Å². The lowest BCUT2D eigenvalue weighted by Gasteiger charge is -1.98. The first-order valence-electron chi connectivity index (χ1n) is 11.6. The number of carbonyl (C=O) groups is 1. The van der Waals surface area contributed by atoms with Gasteiger partial charge in [0.25, 0.3) is 10.1 Å². The zero-order chi connectivity index (χ0) is 24.6. The van der Waals surface area contributed by atoms with Gasteiger partial charge in [0.1, 0.15) is 0 Å². The highest BCUT2D eigenvalue weighted by Crippen LogP contribution is 2.22. The molecule has 0 saturated heterocycles. The van der Waals surface area contributed by atoms with E-state index in [-0.39, 0.29) is 5.78 Å². The van der Waals surface area contributed by atoms with Crippen LogP contribution in [0, 0.1) is 0 Å². The van der Waals surface area contributed by atoms with Crippen LogP contribution in [0.2, 0.25) is 0 Å². The number of para-hydroxylation sites is 2. The van der Waals surface area contributed by atoms with E-state index in [9.17, 15) is 4.79 Å². The van der Waals surface area contributed by atoms with Gasteiger partial charge in [-0.2, -0.15) is 0 Å². The zero-order valence-corrected chi connectivity index (χ0v) is 20.3. The summed E-state index contributed by atoms with van der Waals surface area (Å²) in [6, 6.07) is 37.5. The van der Waals surface area contributed by atoms with Crippen molar-refractivity contribution in [2.24, 2.45) is 0 Å². The number of aromatic nitrogens is 2. The van der Waals surface area contributed by atoms with Crippen LogP contribution in [-0.4, -0.2) is 10.9 Å². The lowest BCUT2D eigenvalue weighted by atomic mass is 10.1. The highest BCUT2D eigenvalue weighted by atomic mass is 32.1. The van der Waals surface area contributed by atoms with E-state index in [1.807, 2.05) is 138 Å². The standard InChI is InChI=1S/C31H23N3OS/c35-29(22-18-24-10-4-1-5-11-24)26-20-16-25(17-21-26)19-23-30-34(28-14-8-3-9-15-28)33-31(36-30)32-27-12-6-2-7-13-27/h1-23H/p+1/b22-18+. The summed E-state index contributed by atoms with van der Waals surface area (Å²) in [6.45, 7) is 0. The molecule has 0 aliphatic heterocycles. The third-order valence-corrected chi connectivity index (χ3v) is 6.36. The second kappa shape index (κ2) is 11.2. The smallest absolute Gasteiger partial charge is 0.297 e. The quantitative estimate of drug-likeness (QED) is 0.143. The highest BCUT2D eigenvalue weighted by molar-refractivity contribution is 7.15. The van der Waals surface area contributed by atoms with E-state index in [4.69, 9.17) is 5.10 Å². The number of allylic oxidation sites excluding steroid dienone is 1. The molecule has 5 rings (SSSR count). The fourth-order valence-corrected chi connectivity index (χ4v) is 4.47. The minimum absolute atomic E-state index is 0.0182. The Morgan fingerprint density at radius 1 is 0.694 bits per heavy atom. The molecule has 1 N–H and O–H groups in total. The number of nitrogens with zero attached hydrogens (tertiary/aromatic N) is 2. The molecule has 5 aromatic rings. The maximum Gasteiger partial charge on any atom is 0.297 e. The van der Waals surface area contributed by atoms with Crippen molar-refractivity contribution in [2.75, 3.05) is 5.32 Å². The second-order valence-electron chi connectivity index (χ2n) is 8.05. The van der Waals surface area contributed by atoms with Crippen molar-refractivity contribution in [1.29, 1.82) is 0 Å². The van der Waals surface area contributed by atoms with Crippen LogP contribution in [0.1, 0.15) is 26.5 Å². The van der Waals surface area contributed by atoms with Crippen LogP contribution in [-0.2, 0) is 0 Å². The van der Waals surface area contributed by atoms with Crippen molar-refractivity contribution < 1.29 is 9.48 Å². The molecule has 5 heteroatoms. The molecule has 1 aromatic heterocycles. The number of hydrogen-bond donors (Lipinski definition) is 1. The van der Waals surface area contributed by atoms with Crippen LogP contribution in [0.4, 0.5) is 10.8 Å². The van der Waals surface area contributed by atoms with Gasteiger partial charge in [0.2, 0.25) is 5.69 Å². The van der Waals surface area contributed by atoms with Crippen LogP contribution in [0.3, 0.4) is 0 Å². The van der Waals surface area contributed by atoms with Crippen molar-refractivity contribution >= 4 is 46.2 Å². The summed E-state index contributed by atoms with van der Waals surface area (Å²) in [5.41, 5.74) is 4.64. The fourth-order valence-electron chi connectivity index (χ4n) is 3.62. The molecule has 174 valence electrons. The SMILES string of the molecule is O=C(/C=C/c1ccccc1)c1ccc(/C=C/c2sc(Nc3ccccc3)n[n+]2-c2ccccc2)cc1. The van der Waals surface area contributed by atoms with E-state index >= 15 is 0 Å². The number of carbonyl (C=O) groups excluding carboxylic acids is 1. The number of nitrogens with one attached hydrogen (secondary N) is 1. The van der Waals surface area contributed by atoms with Crippen molar-refractivity contribution in [3.8, 4) is 5.69 Å². The van der Waals surface area contributed by atoms with E-state index in [1.54, 1.807) is 17.4 Å². The molecule has 0 spiro atoms. The van der Waals surface area contributed by atoms with Crippen molar-refractivity contribution in [3.63, 3.8) is 0 Å². The molecular formula is C31H24N3OS+. The van der Waals surface area contributed by atoms with E-state index in [2.05, 4.69) is 5.32 Å². The summed E-state index contributed by atoms with van der Waals surface area (Å²) in [5, 5.41) is 9.96. The number of rotatable bonds is 8. The minimum Gasteiger partial charge on any atom is -0.327 e. The Bertz CT molecular complexity index is 1490. The molecule has 0 aliphatic carbocycles. The highest BCUT2D eigenvalue weighted by Gasteiger charge is 2.20. The maximum absolute atomic E-state index is 12.5. The van der Waals surface area contributed by atoms with Crippen LogP contribution >= 0.6 is 11.3 Å². The number of hydrogen-bond acceptors (Lipinski definition) is 4. The van der Waals surface area contributed by atoms with E-state index < -0.39 is 0 Å². The molecule has 0 aliphatic rings. The molecule has 0 fully saturated rings. The second-order valence-corrected chi connectivity index (χ2v) is 9.06. The van der Waals surface area contributed by atoms with Gasteiger partial charge in [0, 0.05) is 34.6 Å². The van der Waals surface area contributed by atoms with Gasteiger partial charge >= 0.3 is 0 Å². The molecule has 4 aromatic carbocycles. The van der Waals surface area contributed by atoms with Crippen molar-refractivity contribution in [3.05, 3.63) is 143 Å². The van der Waals surface area contributed by atoms with Gasteiger partial charge in [-0.15, -0.1) is 0 Å². The maximum atomic E-state index is 12.5. The Labute approximate surface area is 214 Å². The molecule has 4 nitrogen and oxygen atoms in total. The summed E-state index contributed by atoms with van der Waals surface area (Å²) < 4.78 is 1.93. The van der Waals surface area contributed by atoms with Gasteiger partial charge in [-0.05, 0) is 51.4 Å². The first-order valence-corrected chi connectivity index (χ1v) is 12.4. The molecule has 36 heavy (non-hydrogen) atoms. The average Bonchev–Trinajstić information content (AvgIpc) is 3.35. The average molecular weight is 487 g/mol. The topological polar surface area (TPSA) is 45.9 Å². The summed E-state index contributed by atoms with van der Waals surface area (Å²) in [6.07, 6.45) is 7.53. The Kier molecular flexibility index (Phi) is 7.21. The molecule has 0 saturated carbocycles. The predicted octanol–water partition coefficient (Wildman–Crippen LogP) is 7.23. The molecule has 0 bridgehead atoms. The normalized spacial score (nSPS) is 11.2. The van der Waals surface area contributed by atoms with Crippen LogP contribution in [0.25, 0.3) is 23.9 Å². The summed E-state index contributed by atoms with van der Waals surface area (Å²) in [5.74, 6) is -0.0182. The fraction of sp³-hybridized carbons (Fsp3) is 0.